The molecule has 0 spiro atoms. The van der Waals surface area contributed by atoms with Gasteiger partial charge in [0.15, 0.2) is 0 Å². The van der Waals surface area contributed by atoms with E-state index >= 15 is 0 Å². The summed E-state index contributed by atoms with van der Waals surface area (Å²) >= 11 is 0. The van der Waals surface area contributed by atoms with E-state index in [0.29, 0.717) is 12.2 Å². The van der Waals surface area contributed by atoms with E-state index in [1.165, 1.54) is 0 Å². The Labute approximate surface area is 130 Å². The van der Waals surface area contributed by atoms with Crippen molar-refractivity contribution in [2.75, 3.05) is 13.7 Å². The zero-order chi connectivity index (χ0) is 16.1. The number of carbonyl (C=O) groups excluding carboxylic acids is 1. The van der Waals surface area contributed by atoms with Gasteiger partial charge < -0.3 is 10.1 Å². The molecule has 0 aliphatic carbocycles. The molecule has 1 aromatic carbocycles. The molecule has 1 aromatic heterocycles. The number of nitrogens with zero attached hydrogens (tertiary/aromatic N) is 2. The molecule has 2 rings (SSSR count). The van der Waals surface area contributed by atoms with E-state index in [-0.39, 0.29) is 11.9 Å². The van der Waals surface area contributed by atoms with Crippen LogP contribution in [-0.2, 0) is 4.74 Å². The molecule has 5 nitrogen and oxygen atoms in total. The first-order valence-electron chi connectivity index (χ1n) is 7.21. The van der Waals surface area contributed by atoms with Crippen molar-refractivity contribution in [3.63, 3.8) is 0 Å². The average molecular weight is 299 g/mol. The molecule has 0 saturated carbocycles. The number of methoxy groups -OCH3 is 1. The molecule has 22 heavy (non-hydrogen) atoms. The summed E-state index contributed by atoms with van der Waals surface area (Å²) in [5.41, 5.74) is 4.20. The third-order valence-corrected chi connectivity index (χ3v) is 3.43. The second kappa shape index (κ2) is 7.13. The Morgan fingerprint density at radius 3 is 2.50 bits per heavy atom. The van der Waals surface area contributed by atoms with Gasteiger partial charge in [0.1, 0.15) is 0 Å². The number of benzene rings is 1. The largest absolute Gasteiger partial charge is 0.383 e. The van der Waals surface area contributed by atoms with Crippen LogP contribution < -0.4 is 5.32 Å². The highest BCUT2D eigenvalue weighted by Crippen LogP contribution is 2.18. The van der Waals surface area contributed by atoms with Crippen molar-refractivity contribution in [3.05, 3.63) is 47.4 Å². The normalized spacial score (nSPS) is 12.0. The van der Waals surface area contributed by atoms with E-state index < -0.39 is 0 Å². The molecule has 0 aliphatic heterocycles. The Hall–Kier alpha value is -2.27. The van der Waals surface area contributed by atoms with E-state index in [4.69, 9.17) is 4.74 Å². The summed E-state index contributed by atoms with van der Waals surface area (Å²) in [5, 5.41) is 2.88. The zero-order valence-corrected chi connectivity index (χ0v) is 13.4. The first kappa shape index (κ1) is 16.1. The lowest BCUT2D eigenvalue weighted by atomic mass is 10.1. The molecule has 1 heterocycles. The molecular formula is C17H21N3O2. The van der Waals surface area contributed by atoms with Gasteiger partial charge in [-0.2, -0.15) is 0 Å². The van der Waals surface area contributed by atoms with Crippen molar-refractivity contribution in [2.45, 2.75) is 26.8 Å². The Morgan fingerprint density at radius 2 is 1.91 bits per heavy atom. The summed E-state index contributed by atoms with van der Waals surface area (Å²) in [6.45, 7) is 6.26. The highest BCUT2D eigenvalue weighted by Gasteiger charge is 2.10. The number of aromatic nitrogens is 2. The molecule has 0 aliphatic rings. The Kier molecular flexibility index (Phi) is 5.22. The van der Waals surface area contributed by atoms with Crippen molar-refractivity contribution >= 4 is 5.91 Å². The minimum atomic E-state index is -0.109. The number of hydrogen-bond donors (Lipinski definition) is 1. The lowest BCUT2D eigenvalue weighted by molar-refractivity contribution is 0.0905. The van der Waals surface area contributed by atoms with Crippen molar-refractivity contribution in [3.8, 4) is 11.3 Å². The maximum absolute atomic E-state index is 12.1. The van der Waals surface area contributed by atoms with Crippen molar-refractivity contribution in [1.82, 2.24) is 15.3 Å². The van der Waals surface area contributed by atoms with Crippen LogP contribution in [-0.4, -0.2) is 35.6 Å². The van der Waals surface area contributed by atoms with Gasteiger partial charge in [0.2, 0.25) is 0 Å². The van der Waals surface area contributed by atoms with Crippen LogP contribution >= 0.6 is 0 Å². The molecule has 0 fully saturated rings. The fourth-order valence-corrected chi connectivity index (χ4v) is 2.07. The van der Waals surface area contributed by atoms with Crippen LogP contribution in [0.1, 0.15) is 28.7 Å². The summed E-state index contributed by atoms with van der Waals surface area (Å²) in [6.07, 6.45) is 1.75. The number of ether oxygens (including phenoxy) is 1. The molecule has 0 radical (unpaired) electrons. The smallest absolute Gasteiger partial charge is 0.251 e. The molecular weight excluding hydrogens is 278 g/mol. The van der Waals surface area contributed by atoms with Crippen molar-refractivity contribution in [1.29, 1.82) is 0 Å². The number of hydrogen-bond acceptors (Lipinski definition) is 4. The fraction of sp³-hybridized carbons (Fsp3) is 0.353. The molecule has 0 saturated heterocycles. The monoisotopic (exact) mass is 299 g/mol. The van der Waals surface area contributed by atoms with Crippen LogP contribution in [0.15, 0.2) is 30.5 Å². The quantitative estimate of drug-likeness (QED) is 0.921. The summed E-state index contributed by atoms with van der Waals surface area (Å²) in [7, 11) is 1.61. The topological polar surface area (TPSA) is 64.1 Å². The van der Waals surface area contributed by atoms with Gasteiger partial charge in [0.25, 0.3) is 5.91 Å². The lowest BCUT2D eigenvalue weighted by Crippen LogP contribution is -2.35. The summed E-state index contributed by atoms with van der Waals surface area (Å²) in [5.74, 6) is -0.109. The van der Waals surface area contributed by atoms with Gasteiger partial charge in [-0.25, -0.2) is 4.98 Å². The first-order valence-corrected chi connectivity index (χ1v) is 7.21. The third kappa shape index (κ3) is 3.89. The lowest BCUT2D eigenvalue weighted by Gasteiger charge is -2.13. The maximum Gasteiger partial charge on any atom is 0.251 e. The number of carbonyl (C=O) groups is 1. The zero-order valence-electron chi connectivity index (χ0n) is 13.4. The minimum absolute atomic E-state index is 0.0252. The van der Waals surface area contributed by atoms with Gasteiger partial charge >= 0.3 is 0 Å². The standard InChI is InChI=1S/C17H21N3O2/c1-11(10-22-4)19-17(21)15-7-5-14(6-8-15)16-9-18-12(2)13(3)20-16/h5-9,11H,10H2,1-4H3,(H,19,21)/t11-/m1/s1. The van der Waals surface area contributed by atoms with E-state index in [1.807, 2.05) is 32.9 Å². The van der Waals surface area contributed by atoms with Gasteiger partial charge in [0.05, 0.1) is 29.9 Å². The van der Waals surface area contributed by atoms with Gasteiger partial charge in [0, 0.05) is 24.3 Å². The molecule has 1 N–H and O–H groups in total. The Morgan fingerprint density at radius 1 is 1.23 bits per heavy atom. The maximum atomic E-state index is 12.1. The van der Waals surface area contributed by atoms with E-state index in [0.717, 1.165) is 22.6 Å². The van der Waals surface area contributed by atoms with Gasteiger partial charge in [-0.05, 0) is 32.9 Å². The molecule has 1 atom stereocenters. The minimum Gasteiger partial charge on any atom is -0.383 e. The molecule has 0 unspecified atom stereocenters. The van der Waals surface area contributed by atoms with E-state index in [2.05, 4.69) is 15.3 Å². The van der Waals surface area contributed by atoms with Gasteiger partial charge in [-0.1, -0.05) is 12.1 Å². The van der Waals surface area contributed by atoms with Gasteiger partial charge in [-0.15, -0.1) is 0 Å². The number of nitrogens with one attached hydrogen (secondary N) is 1. The average Bonchev–Trinajstić information content (AvgIpc) is 2.50. The first-order chi connectivity index (χ1) is 10.5. The van der Waals surface area contributed by atoms with Crippen LogP contribution in [0.25, 0.3) is 11.3 Å². The predicted octanol–water partition coefficient (Wildman–Crippen LogP) is 2.53. The van der Waals surface area contributed by atoms with Crippen LogP contribution in [0.5, 0.6) is 0 Å². The highest BCUT2D eigenvalue weighted by molar-refractivity contribution is 5.94. The van der Waals surface area contributed by atoms with Crippen molar-refractivity contribution < 1.29 is 9.53 Å². The van der Waals surface area contributed by atoms with Crippen molar-refractivity contribution in [2.24, 2.45) is 0 Å². The van der Waals surface area contributed by atoms with Crippen LogP contribution in [0, 0.1) is 13.8 Å². The molecule has 5 heteroatoms. The summed E-state index contributed by atoms with van der Waals surface area (Å²) in [4.78, 5) is 20.9. The molecule has 2 aromatic rings. The summed E-state index contributed by atoms with van der Waals surface area (Å²) < 4.78 is 5.01. The van der Waals surface area contributed by atoms with E-state index in [1.54, 1.807) is 25.4 Å². The second-order valence-electron chi connectivity index (χ2n) is 5.33. The third-order valence-electron chi connectivity index (χ3n) is 3.43. The molecule has 1 amide bonds. The fourth-order valence-electron chi connectivity index (χ4n) is 2.07. The van der Waals surface area contributed by atoms with E-state index in [9.17, 15) is 4.79 Å². The predicted molar refractivity (Wildman–Crippen MR) is 85.7 cm³/mol. The second-order valence-corrected chi connectivity index (χ2v) is 5.33. The SMILES string of the molecule is COC[C@@H](C)NC(=O)c1ccc(-c2cnc(C)c(C)n2)cc1. The number of aryl methyl sites for hydroxylation is 2. The Bertz CT molecular complexity index is 653. The van der Waals surface area contributed by atoms with Crippen LogP contribution in [0.4, 0.5) is 0 Å². The number of rotatable bonds is 5. The summed E-state index contributed by atoms with van der Waals surface area (Å²) in [6, 6.07) is 7.33. The van der Waals surface area contributed by atoms with Crippen LogP contribution in [0.3, 0.4) is 0 Å². The molecule has 0 bridgehead atoms. The number of amides is 1. The van der Waals surface area contributed by atoms with Gasteiger partial charge in [-0.3, -0.25) is 9.78 Å². The highest BCUT2D eigenvalue weighted by atomic mass is 16.5. The molecule has 116 valence electrons. The Balaban J connectivity index is 2.12. The van der Waals surface area contributed by atoms with Crippen LogP contribution in [0.2, 0.25) is 0 Å².